The van der Waals surface area contributed by atoms with Crippen LogP contribution in [0.3, 0.4) is 0 Å². The molecule has 4 rings (SSSR count). The third kappa shape index (κ3) is 4.07. The Balaban J connectivity index is 1.52. The summed E-state index contributed by atoms with van der Waals surface area (Å²) in [6.45, 7) is 1.02. The van der Waals surface area contributed by atoms with Crippen LogP contribution in [0, 0.1) is 0 Å². The lowest BCUT2D eigenvalue weighted by Gasteiger charge is -2.22. The smallest absolute Gasteiger partial charge is 0.285 e. The highest BCUT2D eigenvalue weighted by Gasteiger charge is 2.39. The molecule has 158 valence electrons. The first-order chi connectivity index (χ1) is 14.3. The van der Waals surface area contributed by atoms with Gasteiger partial charge in [-0.2, -0.15) is 14.6 Å². The van der Waals surface area contributed by atoms with Crippen molar-refractivity contribution < 1.29 is 13.5 Å². The fraction of sp³-hybridized carbons (Fsp3) is 0.368. The van der Waals surface area contributed by atoms with Gasteiger partial charge in [0.1, 0.15) is 5.71 Å². The number of alkyl halides is 2. The number of hydrazone groups is 1. The van der Waals surface area contributed by atoms with Gasteiger partial charge in [-0.15, -0.1) is 0 Å². The summed E-state index contributed by atoms with van der Waals surface area (Å²) in [7, 11) is 1.69. The molecule has 0 bridgehead atoms. The molecule has 3 heterocycles. The average molecular weight is 417 g/mol. The summed E-state index contributed by atoms with van der Waals surface area (Å²) >= 11 is 0. The van der Waals surface area contributed by atoms with E-state index in [0.717, 1.165) is 12.5 Å². The summed E-state index contributed by atoms with van der Waals surface area (Å²) < 4.78 is 34.3. The Morgan fingerprint density at radius 1 is 1.30 bits per heavy atom. The largest absolute Gasteiger partial charge is 0.350 e. The minimum atomic E-state index is -3.02. The van der Waals surface area contributed by atoms with E-state index >= 15 is 0 Å². The summed E-state index contributed by atoms with van der Waals surface area (Å²) in [5.41, 5.74) is 0.584. The Bertz CT molecular complexity index is 1120. The number of ether oxygens (including phenoxy) is 1. The average Bonchev–Trinajstić information content (AvgIpc) is 3.32. The van der Waals surface area contributed by atoms with Gasteiger partial charge in [0.25, 0.3) is 17.3 Å². The van der Waals surface area contributed by atoms with Crippen molar-refractivity contribution >= 4 is 11.5 Å². The SMILES string of the molecule is CNCN1N=C(C(C)(F)F)CC1OCc1cc(=O)n2[nH]c(-c3ccccc3)nc2n1. The molecule has 0 aliphatic carbocycles. The lowest BCUT2D eigenvalue weighted by molar-refractivity contribution is -0.0569. The van der Waals surface area contributed by atoms with Crippen LogP contribution in [-0.4, -0.2) is 56.2 Å². The van der Waals surface area contributed by atoms with Gasteiger partial charge in [-0.05, 0) is 7.05 Å². The van der Waals surface area contributed by atoms with E-state index in [9.17, 15) is 13.6 Å². The van der Waals surface area contributed by atoms with Gasteiger partial charge in [0.05, 0.1) is 19.0 Å². The number of aromatic amines is 1. The Hall–Kier alpha value is -3.18. The number of benzene rings is 1. The Morgan fingerprint density at radius 2 is 2.07 bits per heavy atom. The number of nitrogens with one attached hydrogen (secondary N) is 2. The maximum atomic E-state index is 13.6. The molecule has 0 radical (unpaired) electrons. The van der Waals surface area contributed by atoms with Crippen molar-refractivity contribution in [1.82, 2.24) is 29.9 Å². The van der Waals surface area contributed by atoms with Crippen LogP contribution in [0.5, 0.6) is 0 Å². The zero-order valence-corrected chi connectivity index (χ0v) is 16.5. The van der Waals surface area contributed by atoms with Crippen LogP contribution >= 0.6 is 0 Å². The van der Waals surface area contributed by atoms with Crippen molar-refractivity contribution in [2.45, 2.75) is 32.1 Å². The monoisotopic (exact) mass is 417 g/mol. The second-order valence-electron chi connectivity index (χ2n) is 7.02. The third-order valence-electron chi connectivity index (χ3n) is 4.63. The predicted molar refractivity (Wildman–Crippen MR) is 106 cm³/mol. The van der Waals surface area contributed by atoms with Crippen LogP contribution in [-0.2, 0) is 11.3 Å². The molecule has 1 atom stereocenters. The van der Waals surface area contributed by atoms with Crippen molar-refractivity contribution in [1.29, 1.82) is 0 Å². The molecule has 0 fully saturated rings. The normalized spacial score (nSPS) is 17.0. The van der Waals surface area contributed by atoms with Gasteiger partial charge in [-0.1, -0.05) is 30.3 Å². The van der Waals surface area contributed by atoms with Crippen molar-refractivity contribution in [3.05, 3.63) is 52.4 Å². The van der Waals surface area contributed by atoms with Gasteiger partial charge < -0.3 is 10.1 Å². The molecule has 0 saturated heterocycles. The summed E-state index contributed by atoms with van der Waals surface area (Å²) in [4.78, 5) is 21.2. The molecule has 0 amide bonds. The fourth-order valence-corrected chi connectivity index (χ4v) is 3.15. The van der Waals surface area contributed by atoms with Crippen LogP contribution in [0.2, 0.25) is 0 Å². The fourth-order valence-electron chi connectivity index (χ4n) is 3.15. The second-order valence-corrected chi connectivity index (χ2v) is 7.02. The van der Waals surface area contributed by atoms with Crippen LogP contribution in [0.15, 0.2) is 46.3 Å². The van der Waals surface area contributed by atoms with Crippen molar-refractivity contribution in [2.75, 3.05) is 13.7 Å². The van der Waals surface area contributed by atoms with E-state index in [-0.39, 0.29) is 36.7 Å². The molecule has 1 aliphatic rings. The van der Waals surface area contributed by atoms with E-state index in [1.807, 2.05) is 30.3 Å². The number of H-pyrrole nitrogens is 1. The van der Waals surface area contributed by atoms with Crippen molar-refractivity contribution in [3.8, 4) is 11.4 Å². The highest BCUT2D eigenvalue weighted by Crippen LogP contribution is 2.26. The lowest BCUT2D eigenvalue weighted by atomic mass is 10.1. The zero-order valence-electron chi connectivity index (χ0n) is 16.5. The van der Waals surface area contributed by atoms with Gasteiger partial charge in [0.2, 0.25) is 0 Å². The van der Waals surface area contributed by atoms with Crippen molar-refractivity contribution in [2.24, 2.45) is 5.10 Å². The molecule has 9 nitrogen and oxygen atoms in total. The van der Waals surface area contributed by atoms with E-state index in [1.54, 1.807) is 7.05 Å². The lowest BCUT2D eigenvalue weighted by Crippen LogP contribution is -2.35. The summed E-state index contributed by atoms with van der Waals surface area (Å²) in [6, 6.07) is 10.7. The second kappa shape index (κ2) is 7.92. The first-order valence-electron chi connectivity index (χ1n) is 9.38. The molecule has 0 spiro atoms. The van der Waals surface area contributed by atoms with E-state index in [1.165, 1.54) is 15.6 Å². The van der Waals surface area contributed by atoms with Crippen molar-refractivity contribution in [3.63, 3.8) is 0 Å². The molecule has 1 unspecified atom stereocenters. The highest BCUT2D eigenvalue weighted by molar-refractivity contribution is 5.91. The number of fused-ring (bicyclic) bond motifs is 1. The molecule has 2 aromatic heterocycles. The number of hydrogen-bond acceptors (Lipinski definition) is 7. The van der Waals surface area contributed by atoms with Gasteiger partial charge in [0, 0.05) is 25.0 Å². The van der Waals surface area contributed by atoms with Gasteiger partial charge in [-0.25, -0.2) is 13.8 Å². The quantitative estimate of drug-likeness (QED) is 0.608. The molecular formula is C19H21F2N7O2. The van der Waals surface area contributed by atoms with Gasteiger partial charge in [-0.3, -0.25) is 14.9 Å². The van der Waals surface area contributed by atoms with E-state index in [2.05, 4.69) is 25.5 Å². The summed E-state index contributed by atoms with van der Waals surface area (Å²) in [5.74, 6) is -2.31. The van der Waals surface area contributed by atoms with E-state index < -0.39 is 12.2 Å². The third-order valence-corrected chi connectivity index (χ3v) is 4.63. The molecule has 1 aliphatic heterocycles. The molecule has 0 saturated carbocycles. The molecule has 2 N–H and O–H groups in total. The van der Waals surface area contributed by atoms with Gasteiger partial charge >= 0.3 is 0 Å². The van der Waals surface area contributed by atoms with Crippen LogP contribution in [0.25, 0.3) is 17.2 Å². The Morgan fingerprint density at radius 3 is 2.77 bits per heavy atom. The molecule has 1 aromatic carbocycles. The van der Waals surface area contributed by atoms with Crippen LogP contribution < -0.4 is 10.9 Å². The highest BCUT2D eigenvalue weighted by atomic mass is 19.3. The molecule has 3 aromatic rings. The topological polar surface area (TPSA) is 99.9 Å². The van der Waals surface area contributed by atoms with Gasteiger partial charge in [0.15, 0.2) is 12.1 Å². The molecule has 11 heteroatoms. The number of hydrogen-bond donors (Lipinski definition) is 2. The van der Waals surface area contributed by atoms with Crippen LogP contribution in [0.4, 0.5) is 8.78 Å². The first-order valence-corrected chi connectivity index (χ1v) is 9.38. The number of nitrogens with zero attached hydrogens (tertiary/aromatic N) is 5. The van der Waals surface area contributed by atoms with E-state index in [4.69, 9.17) is 4.74 Å². The minimum absolute atomic E-state index is 0.0348. The maximum absolute atomic E-state index is 13.6. The standard InChI is InChI=1S/C19H21F2N7O2/c1-19(20,21)14-9-16(27(25-14)11-22-2)30-10-13-8-15(29)28-18(23-13)24-17(26-28)12-6-4-3-5-7-12/h3-8,16,22H,9-11H2,1-2H3,(H,23,24,26). The number of aromatic nitrogens is 4. The Labute approximate surface area is 170 Å². The maximum Gasteiger partial charge on any atom is 0.285 e. The summed E-state index contributed by atoms with van der Waals surface area (Å²) in [6.07, 6.45) is -0.718. The molecule has 30 heavy (non-hydrogen) atoms. The number of halogens is 2. The Kier molecular flexibility index (Phi) is 5.31. The van der Waals surface area contributed by atoms with E-state index in [0.29, 0.717) is 11.5 Å². The minimum Gasteiger partial charge on any atom is -0.350 e. The predicted octanol–water partition coefficient (Wildman–Crippen LogP) is 1.82. The first kappa shape index (κ1) is 20.1. The zero-order chi connectivity index (χ0) is 21.3. The molecular weight excluding hydrogens is 396 g/mol. The number of rotatable bonds is 7. The van der Waals surface area contributed by atoms with Crippen LogP contribution in [0.1, 0.15) is 19.0 Å². The summed E-state index contributed by atoms with van der Waals surface area (Å²) in [5, 5.41) is 11.2.